The van der Waals surface area contributed by atoms with Crippen molar-refractivity contribution in [2.24, 2.45) is 0 Å². The fourth-order valence-corrected chi connectivity index (χ4v) is 6.04. The molecule has 0 aliphatic heterocycles. The van der Waals surface area contributed by atoms with Gasteiger partial charge in [-0.05, 0) is 30.5 Å². The zero-order valence-electron chi connectivity index (χ0n) is 26.0. The van der Waals surface area contributed by atoms with Gasteiger partial charge in [0.15, 0.2) is 0 Å². The Hall–Kier alpha value is 0.130. The predicted octanol–water partition coefficient (Wildman–Crippen LogP) is 8.30. The van der Waals surface area contributed by atoms with E-state index in [1.807, 2.05) is 6.07 Å². The van der Waals surface area contributed by atoms with Gasteiger partial charge in [-0.1, -0.05) is 180 Å². The van der Waals surface area contributed by atoms with Crippen LogP contribution < -0.4 is 29.6 Å². The summed E-state index contributed by atoms with van der Waals surface area (Å²) in [5, 5.41) is 0. The molecule has 0 saturated heterocycles. The second-order valence-corrected chi connectivity index (χ2v) is 13.1. The maximum absolute atomic E-state index is 11.1. The van der Waals surface area contributed by atoms with Gasteiger partial charge in [0, 0.05) is 0 Å². The Morgan fingerprint density at radius 3 is 1.13 bits per heavy atom. The van der Waals surface area contributed by atoms with Gasteiger partial charge < -0.3 is 4.55 Å². The second-order valence-electron chi connectivity index (χ2n) is 11.7. The molecule has 0 fully saturated rings. The summed E-state index contributed by atoms with van der Waals surface area (Å²) in [4.78, 5) is -0.107. The zero-order chi connectivity index (χ0) is 27.6. The van der Waals surface area contributed by atoms with Crippen molar-refractivity contribution in [2.75, 3.05) is 0 Å². The molecule has 5 heteroatoms. The van der Waals surface area contributed by atoms with Gasteiger partial charge in [0.05, 0.1) is 4.90 Å². The van der Waals surface area contributed by atoms with Gasteiger partial charge in [0.1, 0.15) is 10.1 Å². The summed E-state index contributed by atoms with van der Waals surface area (Å²) in [6.45, 7) is 2.29. The van der Waals surface area contributed by atoms with Crippen LogP contribution in [0.3, 0.4) is 0 Å². The maximum Gasteiger partial charge on any atom is 1.00 e. The third-order valence-electron chi connectivity index (χ3n) is 8.01. The van der Waals surface area contributed by atoms with E-state index < -0.39 is 10.1 Å². The van der Waals surface area contributed by atoms with Gasteiger partial charge in [-0.3, -0.25) is 0 Å². The SMILES string of the molecule is CCCCCCCCCCCCCCCCCCCCCCCCCCCCc1cccc(S(=O)(=O)[O-])c1.[Na+]. The smallest absolute Gasteiger partial charge is 0.744 e. The summed E-state index contributed by atoms with van der Waals surface area (Å²) in [6, 6.07) is 6.49. The van der Waals surface area contributed by atoms with Crippen molar-refractivity contribution in [2.45, 2.75) is 185 Å². The van der Waals surface area contributed by atoms with E-state index in [4.69, 9.17) is 0 Å². The molecule has 0 spiro atoms. The summed E-state index contributed by atoms with van der Waals surface area (Å²) >= 11 is 0. The molecule has 0 aromatic heterocycles. The van der Waals surface area contributed by atoms with Gasteiger partial charge in [0.25, 0.3) is 0 Å². The number of rotatable bonds is 28. The molecule has 0 atom stereocenters. The molecular formula is C34H61NaO3S. The predicted molar refractivity (Wildman–Crippen MR) is 164 cm³/mol. The van der Waals surface area contributed by atoms with Crippen molar-refractivity contribution in [3.63, 3.8) is 0 Å². The minimum absolute atomic E-state index is 0. The van der Waals surface area contributed by atoms with Crippen LogP contribution in [0.25, 0.3) is 0 Å². The van der Waals surface area contributed by atoms with Crippen LogP contribution in [0.2, 0.25) is 0 Å². The van der Waals surface area contributed by atoms with Crippen LogP contribution in [0.1, 0.15) is 179 Å². The van der Waals surface area contributed by atoms with E-state index in [0.29, 0.717) is 0 Å². The molecule has 0 radical (unpaired) electrons. The summed E-state index contributed by atoms with van der Waals surface area (Å²) in [5.41, 5.74) is 0.950. The van der Waals surface area contributed by atoms with Crippen molar-refractivity contribution in [3.8, 4) is 0 Å². The van der Waals surface area contributed by atoms with E-state index in [0.717, 1.165) is 18.4 Å². The average molecular weight is 573 g/mol. The van der Waals surface area contributed by atoms with Crippen molar-refractivity contribution < 1.29 is 42.5 Å². The van der Waals surface area contributed by atoms with Crippen molar-refractivity contribution in [3.05, 3.63) is 29.8 Å². The van der Waals surface area contributed by atoms with Crippen LogP contribution in [-0.4, -0.2) is 13.0 Å². The molecule has 3 nitrogen and oxygen atoms in total. The Kier molecular flexibility index (Phi) is 28.4. The van der Waals surface area contributed by atoms with Crippen LogP contribution in [0.5, 0.6) is 0 Å². The largest absolute Gasteiger partial charge is 1.00 e. The number of hydrogen-bond acceptors (Lipinski definition) is 3. The molecule has 222 valence electrons. The Bertz CT molecular complexity index is 751. The number of aryl methyl sites for hydroxylation is 1. The topological polar surface area (TPSA) is 57.2 Å². The molecule has 0 heterocycles. The van der Waals surface area contributed by atoms with E-state index in [-0.39, 0.29) is 34.5 Å². The normalized spacial score (nSPS) is 11.5. The Morgan fingerprint density at radius 1 is 0.513 bits per heavy atom. The van der Waals surface area contributed by atoms with Gasteiger partial charge >= 0.3 is 29.6 Å². The summed E-state index contributed by atoms with van der Waals surface area (Å²) < 4.78 is 33.4. The fourth-order valence-electron chi connectivity index (χ4n) is 5.50. The minimum Gasteiger partial charge on any atom is -0.744 e. The van der Waals surface area contributed by atoms with E-state index in [1.54, 1.807) is 6.07 Å². The molecule has 1 aromatic rings. The summed E-state index contributed by atoms with van der Waals surface area (Å²) in [7, 11) is -4.34. The first-order chi connectivity index (χ1) is 18.5. The molecule has 39 heavy (non-hydrogen) atoms. The summed E-state index contributed by atoms with van der Waals surface area (Å²) in [6.07, 6.45) is 37.1. The molecule has 0 unspecified atom stereocenters. The van der Waals surface area contributed by atoms with E-state index >= 15 is 0 Å². The van der Waals surface area contributed by atoms with Crippen molar-refractivity contribution in [1.29, 1.82) is 0 Å². The molecule has 0 bridgehead atoms. The Labute approximate surface area is 266 Å². The second kappa shape index (κ2) is 28.3. The van der Waals surface area contributed by atoms with E-state index in [2.05, 4.69) is 6.92 Å². The monoisotopic (exact) mass is 572 g/mol. The third-order valence-corrected chi connectivity index (χ3v) is 8.84. The molecule has 0 aliphatic carbocycles. The Balaban J connectivity index is 0.0000144. The standard InChI is InChI=1S/C34H62O3S.Na/c1-2-3-4-5-6-7-8-9-10-11-12-13-14-15-16-17-18-19-20-21-22-23-24-25-26-27-29-33-30-28-31-34(32-33)38(35,36)37;/h28,30-32H,2-27,29H2,1H3,(H,35,36,37);/q;+1/p-1. The maximum atomic E-state index is 11.1. The number of hydrogen-bond donors (Lipinski definition) is 0. The molecule has 0 N–H and O–H groups in total. The van der Waals surface area contributed by atoms with E-state index in [1.165, 1.54) is 173 Å². The molecule has 0 saturated carbocycles. The molecule has 1 aromatic carbocycles. The summed E-state index contributed by atoms with van der Waals surface area (Å²) in [5.74, 6) is 0. The van der Waals surface area contributed by atoms with E-state index in [9.17, 15) is 13.0 Å². The van der Waals surface area contributed by atoms with Crippen LogP contribution in [0, 0.1) is 0 Å². The average Bonchev–Trinajstić information content (AvgIpc) is 2.90. The minimum atomic E-state index is -4.34. The van der Waals surface area contributed by atoms with Crippen molar-refractivity contribution in [1.82, 2.24) is 0 Å². The van der Waals surface area contributed by atoms with Gasteiger partial charge in [-0.15, -0.1) is 0 Å². The molecule has 0 aliphatic rings. The number of benzene rings is 1. The quantitative estimate of drug-likeness (QED) is 0.0576. The van der Waals surface area contributed by atoms with Crippen LogP contribution in [-0.2, 0) is 16.5 Å². The van der Waals surface area contributed by atoms with Crippen LogP contribution >= 0.6 is 0 Å². The van der Waals surface area contributed by atoms with Gasteiger partial charge in [-0.25, -0.2) is 8.42 Å². The zero-order valence-corrected chi connectivity index (χ0v) is 28.9. The van der Waals surface area contributed by atoms with Crippen molar-refractivity contribution >= 4 is 10.1 Å². The van der Waals surface area contributed by atoms with Gasteiger partial charge in [0.2, 0.25) is 0 Å². The van der Waals surface area contributed by atoms with Gasteiger partial charge in [-0.2, -0.15) is 0 Å². The first kappa shape index (κ1) is 39.1. The Morgan fingerprint density at radius 2 is 0.821 bits per heavy atom. The molecular weight excluding hydrogens is 511 g/mol. The third kappa shape index (κ3) is 25.6. The fraction of sp³-hybridized carbons (Fsp3) is 0.824. The number of unbranched alkanes of at least 4 members (excludes halogenated alkanes) is 25. The first-order valence-electron chi connectivity index (χ1n) is 16.6. The van der Waals surface area contributed by atoms with Crippen LogP contribution in [0.15, 0.2) is 29.2 Å². The molecule has 1 rings (SSSR count). The van der Waals surface area contributed by atoms with Crippen LogP contribution in [0.4, 0.5) is 0 Å². The molecule has 0 amide bonds. The first-order valence-corrected chi connectivity index (χ1v) is 18.0.